The van der Waals surface area contributed by atoms with E-state index in [2.05, 4.69) is 10.6 Å². The quantitative estimate of drug-likeness (QED) is 0.657. The van der Waals surface area contributed by atoms with E-state index in [4.69, 9.17) is 0 Å². The number of rotatable bonds is 3. The molecule has 0 radical (unpaired) electrons. The molecule has 2 N–H and O–H groups in total. The number of nitro groups is 1. The first-order chi connectivity index (χ1) is 9.42. The van der Waals surface area contributed by atoms with E-state index >= 15 is 0 Å². The van der Waals surface area contributed by atoms with Crippen molar-refractivity contribution >= 4 is 17.3 Å². The summed E-state index contributed by atoms with van der Waals surface area (Å²) in [5, 5.41) is 16.5. The number of carbonyl (C=O) groups excluding carboxylic acids is 1. The largest absolute Gasteiger partial charge is 0.319 e. The van der Waals surface area contributed by atoms with Crippen molar-refractivity contribution in [3.8, 4) is 0 Å². The van der Waals surface area contributed by atoms with E-state index in [9.17, 15) is 19.3 Å². The molecule has 1 heterocycles. The lowest BCUT2D eigenvalue weighted by atomic mass is 9.90. The fraction of sp³-hybridized carbons (Fsp3) is 0.462. The second kappa shape index (κ2) is 5.54. The van der Waals surface area contributed by atoms with Crippen LogP contribution in [0.15, 0.2) is 18.2 Å². The molecule has 1 aliphatic rings. The highest BCUT2D eigenvalue weighted by atomic mass is 19.1. The van der Waals surface area contributed by atoms with Gasteiger partial charge in [-0.05, 0) is 44.9 Å². The summed E-state index contributed by atoms with van der Waals surface area (Å²) in [4.78, 5) is 22.4. The van der Waals surface area contributed by atoms with Crippen LogP contribution in [0.2, 0.25) is 0 Å². The number of anilines is 1. The predicted octanol–water partition coefficient (Wildman–Crippen LogP) is 2.20. The van der Waals surface area contributed by atoms with Gasteiger partial charge in [0.15, 0.2) is 0 Å². The Morgan fingerprint density at radius 1 is 1.50 bits per heavy atom. The van der Waals surface area contributed by atoms with Crippen LogP contribution in [0.1, 0.15) is 26.2 Å². The highest BCUT2D eigenvalue weighted by Crippen LogP contribution is 2.27. The molecule has 108 valence electrons. The molecular weight excluding hydrogens is 265 g/mol. The van der Waals surface area contributed by atoms with E-state index in [0.717, 1.165) is 31.5 Å². The van der Waals surface area contributed by atoms with Crippen LogP contribution in [0.5, 0.6) is 0 Å². The maximum atomic E-state index is 13.0. The van der Waals surface area contributed by atoms with Gasteiger partial charge >= 0.3 is 0 Å². The number of halogens is 1. The zero-order chi connectivity index (χ0) is 14.8. The minimum absolute atomic E-state index is 0.00926. The average molecular weight is 281 g/mol. The standard InChI is InChI=1S/C13H16FN3O3/c1-13(6-2-3-7-15-13)12(18)16-10-5-4-9(14)8-11(10)17(19)20/h4-5,8,15H,2-3,6-7H2,1H3,(H,16,18). The Kier molecular flexibility index (Phi) is 3.99. The molecule has 0 bridgehead atoms. The molecule has 1 amide bonds. The molecular formula is C13H16FN3O3. The molecule has 2 rings (SSSR count). The average Bonchev–Trinajstić information content (AvgIpc) is 2.41. The second-order valence-electron chi connectivity index (χ2n) is 5.09. The first-order valence-electron chi connectivity index (χ1n) is 6.43. The third-order valence-electron chi connectivity index (χ3n) is 3.52. The van der Waals surface area contributed by atoms with Crippen LogP contribution in [0.4, 0.5) is 15.8 Å². The number of hydrogen-bond acceptors (Lipinski definition) is 4. The zero-order valence-electron chi connectivity index (χ0n) is 11.1. The summed E-state index contributed by atoms with van der Waals surface area (Å²) in [5.41, 5.74) is -1.19. The number of nitro benzene ring substituents is 1. The van der Waals surface area contributed by atoms with E-state index < -0.39 is 22.0 Å². The molecule has 0 spiro atoms. The summed E-state index contributed by atoms with van der Waals surface area (Å²) < 4.78 is 13.0. The summed E-state index contributed by atoms with van der Waals surface area (Å²) in [6.07, 6.45) is 2.58. The normalized spacial score (nSPS) is 22.3. The fourth-order valence-corrected chi connectivity index (χ4v) is 2.27. The molecule has 1 aromatic rings. The number of amides is 1. The van der Waals surface area contributed by atoms with Crippen LogP contribution < -0.4 is 10.6 Å². The van der Waals surface area contributed by atoms with Gasteiger partial charge in [-0.25, -0.2) is 4.39 Å². The summed E-state index contributed by atoms with van der Waals surface area (Å²) >= 11 is 0. The van der Waals surface area contributed by atoms with Crippen molar-refractivity contribution in [2.45, 2.75) is 31.7 Å². The Labute approximate surface area is 115 Å². The highest BCUT2D eigenvalue weighted by Gasteiger charge is 2.35. The van der Waals surface area contributed by atoms with E-state index in [1.807, 2.05) is 0 Å². The maximum absolute atomic E-state index is 13.0. The van der Waals surface area contributed by atoms with E-state index in [1.54, 1.807) is 6.92 Å². The molecule has 1 aliphatic heterocycles. The number of hydrogen-bond donors (Lipinski definition) is 2. The van der Waals surface area contributed by atoms with Gasteiger partial charge in [0.05, 0.1) is 16.5 Å². The molecule has 6 nitrogen and oxygen atoms in total. The summed E-state index contributed by atoms with van der Waals surface area (Å²) in [6.45, 7) is 2.49. The van der Waals surface area contributed by atoms with Crippen molar-refractivity contribution in [1.29, 1.82) is 0 Å². The van der Waals surface area contributed by atoms with Crippen molar-refractivity contribution in [2.75, 3.05) is 11.9 Å². The summed E-state index contributed by atoms with van der Waals surface area (Å²) in [7, 11) is 0. The van der Waals surface area contributed by atoms with Gasteiger partial charge in [-0.1, -0.05) is 0 Å². The molecule has 1 unspecified atom stereocenters. The Bertz CT molecular complexity index is 542. The van der Waals surface area contributed by atoms with E-state index in [1.165, 1.54) is 6.07 Å². The topological polar surface area (TPSA) is 84.3 Å². The zero-order valence-corrected chi connectivity index (χ0v) is 11.1. The predicted molar refractivity (Wildman–Crippen MR) is 71.9 cm³/mol. The molecule has 0 saturated carbocycles. The summed E-state index contributed by atoms with van der Waals surface area (Å²) in [6, 6.07) is 3.09. The van der Waals surface area contributed by atoms with Crippen molar-refractivity contribution in [1.82, 2.24) is 5.32 Å². The Morgan fingerprint density at radius 2 is 2.25 bits per heavy atom. The monoisotopic (exact) mass is 281 g/mol. The molecule has 20 heavy (non-hydrogen) atoms. The minimum Gasteiger partial charge on any atom is -0.319 e. The van der Waals surface area contributed by atoms with Gasteiger partial charge in [-0.2, -0.15) is 0 Å². The molecule has 1 atom stereocenters. The van der Waals surface area contributed by atoms with E-state index in [0.29, 0.717) is 6.42 Å². The molecule has 0 aromatic heterocycles. The molecule has 1 fully saturated rings. The van der Waals surface area contributed by atoms with Gasteiger partial charge < -0.3 is 10.6 Å². The van der Waals surface area contributed by atoms with Gasteiger partial charge in [0.25, 0.3) is 5.69 Å². The van der Waals surface area contributed by atoms with Crippen LogP contribution in [-0.4, -0.2) is 22.9 Å². The van der Waals surface area contributed by atoms with Crippen LogP contribution in [0.3, 0.4) is 0 Å². The first kappa shape index (κ1) is 14.4. The number of carbonyl (C=O) groups is 1. The Morgan fingerprint density at radius 3 is 2.85 bits per heavy atom. The van der Waals surface area contributed by atoms with Crippen LogP contribution >= 0.6 is 0 Å². The maximum Gasteiger partial charge on any atom is 0.295 e. The highest BCUT2D eigenvalue weighted by molar-refractivity contribution is 5.99. The Balaban J connectivity index is 2.21. The molecule has 7 heteroatoms. The Hall–Kier alpha value is -2.02. The lowest BCUT2D eigenvalue weighted by Crippen LogP contribution is -2.54. The van der Waals surface area contributed by atoms with Gasteiger partial charge in [0.2, 0.25) is 5.91 Å². The van der Waals surface area contributed by atoms with Gasteiger partial charge in [0.1, 0.15) is 11.5 Å². The summed E-state index contributed by atoms with van der Waals surface area (Å²) in [5.74, 6) is -1.05. The van der Waals surface area contributed by atoms with Gasteiger partial charge in [-0.15, -0.1) is 0 Å². The first-order valence-corrected chi connectivity index (χ1v) is 6.43. The lowest BCUT2D eigenvalue weighted by Gasteiger charge is -2.33. The van der Waals surface area contributed by atoms with Crippen molar-refractivity contribution < 1.29 is 14.1 Å². The van der Waals surface area contributed by atoms with E-state index in [-0.39, 0.29) is 11.6 Å². The number of piperidine rings is 1. The van der Waals surface area contributed by atoms with Gasteiger partial charge in [-0.3, -0.25) is 14.9 Å². The number of nitrogens with zero attached hydrogens (tertiary/aromatic N) is 1. The SMILES string of the molecule is CC1(C(=O)Nc2ccc(F)cc2[N+](=O)[O-])CCCCN1. The van der Waals surface area contributed by atoms with Crippen LogP contribution in [0.25, 0.3) is 0 Å². The lowest BCUT2D eigenvalue weighted by molar-refractivity contribution is -0.384. The number of nitrogens with one attached hydrogen (secondary N) is 2. The van der Waals surface area contributed by atoms with Crippen molar-refractivity contribution in [2.24, 2.45) is 0 Å². The fourth-order valence-electron chi connectivity index (χ4n) is 2.27. The smallest absolute Gasteiger partial charge is 0.295 e. The van der Waals surface area contributed by atoms with Crippen molar-refractivity contribution in [3.05, 3.63) is 34.1 Å². The minimum atomic E-state index is -0.749. The molecule has 0 aliphatic carbocycles. The molecule has 1 aromatic carbocycles. The van der Waals surface area contributed by atoms with Crippen LogP contribution in [-0.2, 0) is 4.79 Å². The number of benzene rings is 1. The van der Waals surface area contributed by atoms with Crippen molar-refractivity contribution in [3.63, 3.8) is 0 Å². The van der Waals surface area contributed by atoms with Crippen LogP contribution in [0, 0.1) is 15.9 Å². The second-order valence-corrected chi connectivity index (χ2v) is 5.09. The van der Waals surface area contributed by atoms with Gasteiger partial charge in [0, 0.05) is 0 Å². The molecule has 1 saturated heterocycles. The third kappa shape index (κ3) is 2.93. The third-order valence-corrected chi connectivity index (χ3v) is 3.52.